The largest absolute Gasteiger partial charge is 0.416 e. The Morgan fingerprint density at radius 3 is 2.51 bits per heavy atom. The molecule has 3 aromatic rings. The van der Waals surface area contributed by atoms with Gasteiger partial charge in [-0.1, -0.05) is 12.1 Å². The summed E-state index contributed by atoms with van der Waals surface area (Å²) in [5, 5.41) is 8.19. The van der Waals surface area contributed by atoms with Gasteiger partial charge in [0.15, 0.2) is 0 Å². The number of benzene rings is 2. The normalized spacial score (nSPS) is 24.0. The first-order chi connectivity index (χ1) is 18.6. The van der Waals surface area contributed by atoms with Crippen LogP contribution in [0.5, 0.6) is 0 Å². The van der Waals surface area contributed by atoms with Gasteiger partial charge in [0.25, 0.3) is 5.91 Å². The average Bonchev–Trinajstić information content (AvgIpc) is 3.64. The maximum absolute atomic E-state index is 14.3. The topological polar surface area (TPSA) is 66.7 Å². The van der Waals surface area contributed by atoms with Crippen LogP contribution in [0.3, 0.4) is 0 Å². The number of piperazine rings is 1. The van der Waals surface area contributed by atoms with Gasteiger partial charge < -0.3 is 19.1 Å². The Morgan fingerprint density at radius 1 is 1.08 bits per heavy atom. The summed E-state index contributed by atoms with van der Waals surface area (Å²) in [6.07, 6.45) is -1.37. The first-order valence-corrected chi connectivity index (χ1v) is 13.2. The quantitative estimate of drug-likeness (QED) is 0.496. The summed E-state index contributed by atoms with van der Waals surface area (Å²) in [5.74, 6) is 0.417. The molecule has 0 spiro atoms. The Hall–Kier alpha value is -3.44. The van der Waals surface area contributed by atoms with E-state index in [1.54, 1.807) is 18.5 Å². The van der Waals surface area contributed by atoms with Gasteiger partial charge in [0.1, 0.15) is 12.2 Å². The molecule has 11 heteroatoms. The number of amides is 1. The van der Waals surface area contributed by atoms with Gasteiger partial charge in [0, 0.05) is 61.0 Å². The fourth-order valence-electron chi connectivity index (χ4n) is 6.70. The van der Waals surface area contributed by atoms with E-state index in [0.717, 1.165) is 24.4 Å². The third-order valence-electron chi connectivity index (χ3n) is 9.01. The van der Waals surface area contributed by atoms with E-state index in [4.69, 9.17) is 4.74 Å². The second kappa shape index (κ2) is 8.53. The van der Waals surface area contributed by atoms with Crippen molar-refractivity contribution in [1.82, 2.24) is 19.7 Å². The van der Waals surface area contributed by atoms with Gasteiger partial charge in [0.2, 0.25) is 0 Å². The minimum absolute atomic E-state index is 0.0453. The number of anilines is 2. The lowest BCUT2D eigenvalue weighted by atomic mass is 9.75. The zero-order chi connectivity index (χ0) is 27.1. The van der Waals surface area contributed by atoms with Crippen LogP contribution in [0.1, 0.15) is 39.3 Å². The molecule has 8 nitrogen and oxygen atoms in total. The Balaban J connectivity index is 1.23. The molecule has 3 fully saturated rings. The van der Waals surface area contributed by atoms with Crippen LogP contribution >= 0.6 is 0 Å². The van der Waals surface area contributed by atoms with E-state index in [2.05, 4.69) is 22.1 Å². The first-order valence-electron chi connectivity index (χ1n) is 13.2. The molecule has 2 unspecified atom stereocenters. The predicted molar refractivity (Wildman–Crippen MR) is 138 cm³/mol. The van der Waals surface area contributed by atoms with Crippen LogP contribution in [0.15, 0.2) is 42.7 Å². The highest BCUT2D eigenvalue weighted by molar-refractivity contribution is 6.11. The second-order valence-corrected chi connectivity index (χ2v) is 11.4. The van der Waals surface area contributed by atoms with Crippen molar-refractivity contribution >= 4 is 17.3 Å². The van der Waals surface area contributed by atoms with Gasteiger partial charge >= 0.3 is 6.18 Å². The van der Waals surface area contributed by atoms with Crippen molar-refractivity contribution in [1.29, 1.82) is 0 Å². The molecule has 2 bridgehead atoms. The number of ether oxygens (including phenoxy) is 1. The summed E-state index contributed by atoms with van der Waals surface area (Å²) >= 11 is 0. The lowest BCUT2D eigenvalue weighted by molar-refractivity contribution is -0.138. The lowest BCUT2D eigenvalue weighted by Gasteiger charge is -2.42. The van der Waals surface area contributed by atoms with Crippen molar-refractivity contribution in [2.45, 2.75) is 43.1 Å². The fourth-order valence-corrected chi connectivity index (χ4v) is 6.70. The molecular weight excluding hydrogens is 509 g/mol. The minimum atomic E-state index is -4.56. The number of alkyl halides is 3. The molecule has 4 aliphatic heterocycles. The molecule has 0 radical (unpaired) electrons. The van der Waals surface area contributed by atoms with Crippen LogP contribution in [0.4, 0.5) is 24.5 Å². The van der Waals surface area contributed by atoms with E-state index in [1.165, 1.54) is 11.0 Å². The Labute approximate surface area is 224 Å². The number of nitrogens with zero attached hydrogens (tertiary/aromatic N) is 6. The van der Waals surface area contributed by atoms with Crippen molar-refractivity contribution in [3.05, 3.63) is 70.8 Å². The number of rotatable bonds is 5. The number of halogens is 3. The number of likely N-dealkylation sites (tertiary alicyclic amines) is 1. The summed E-state index contributed by atoms with van der Waals surface area (Å²) in [6, 6.07) is 10.9. The van der Waals surface area contributed by atoms with E-state index >= 15 is 0 Å². The number of fused-ring (bicyclic) bond motifs is 3. The van der Waals surface area contributed by atoms with Crippen LogP contribution < -0.4 is 9.80 Å². The van der Waals surface area contributed by atoms with Crippen molar-refractivity contribution < 1.29 is 22.7 Å². The highest BCUT2D eigenvalue weighted by Crippen LogP contribution is 2.44. The third kappa shape index (κ3) is 3.85. The number of likely N-dealkylation sites (N-methyl/N-ethyl adjacent to an activating group) is 1. The molecule has 0 N–H and O–H groups in total. The van der Waals surface area contributed by atoms with E-state index < -0.39 is 17.6 Å². The molecule has 2 atom stereocenters. The molecule has 5 heterocycles. The summed E-state index contributed by atoms with van der Waals surface area (Å²) in [5.41, 5.74) is 1.16. The number of aryl methyl sites for hydroxylation is 1. The summed E-state index contributed by atoms with van der Waals surface area (Å²) < 4.78 is 50.4. The van der Waals surface area contributed by atoms with E-state index in [9.17, 15) is 18.0 Å². The van der Waals surface area contributed by atoms with Crippen molar-refractivity contribution in [3.8, 4) is 0 Å². The summed E-state index contributed by atoms with van der Waals surface area (Å²) in [4.78, 5) is 19.4. The van der Waals surface area contributed by atoms with E-state index in [0.29, 0.717) is 43.6 Å². The lowest BCUT2D eigenvalue weighted by Crippen LogP contribution is -2.49. The first kappa shape index (κ1) is 24.6. The van der Waals surface area contributed by atoms with Gasteiger partial charge in [-0.15, -0.1) is 10.2 Å². The number of hydrogen-bond acceptors (Lipinski definition) is 6. The molecule has 2 aromatic carbocycles. The third-order valence-corrected chi connectivity index (χ3v) is 9.01. The Morgan fingerprint density at radius 2 is 1.90 bits per heavy atom. The molecule has 7 rings (SSSR count). The van der Waals surface area contributed by atoms with Crippen molar-refractivity contribution in [2.75, 3.05) is 43.2 Å². The number of carbonyl (C=O) groups is 1. The van der Waals surface area contributed by atoms with Crippen LogP contribution in [0.25, 0.3) is 0 Å². The van der Waals surface area contributed by atoms with Gasteiger partial charge in [0.05, 0.1) is 25.3 Å². The average molecular weight is 539 g/mol. The monoisotopic (exact) mass is 538 g/mol. The van der Waals surface area contributed by atoms with Crippen molar-refractivity contribution in [3.63, 3.8) is 0 Å². The predicted octanol–water partition coefficient (Wildman–Crippen LogP) is 3.40. The molecular formula is C28H29F3N6O2. The van der Waals surface area contributed by atoms with Crippen LogP contribution in [0.2, 0.25) is 0 Å². The summed E-state index contributed by atoms with van der Waals surface area (Å²) in [6.45, 7) is 2.36. The van der Waals surface area contributed by atoms with Gasteiger partial charge in [-0.2, -0.15) is 13.2 Å². The molecule has 0 saturated carbocycles. The summed E-state index contributed by atoms with van der Waals surface area (Å²) in [7, 11) is 3.94. The molecule has 1 aromatic heterocycles. The zero-order valence-corrected chi connectivity index (χ0v) is 21.8. The number of carbonyl (C=O) groups excluding carboxylic acids is 1. The minimum Gasteiger partial charge on any atom is -0.379 e. The van der Waals surface area contributed by atoms with E-state index in [-0.39, 0.29) is 29.1 Å². The zero-order valence-electron chi connectivity index (χ0n) is 21.8. The standard InChI is InChI=1S/C28H29F3N6O2/c1-34-11-21-7-20(34)12-36(21)19-8-22-23(24(9-19)28(29,30)31)13-37(26(22)38)18-5-3-4-17(6-18)27(14-39-15-27)10-25-33-32-16-35(25)2/h3-6,8-9,16,20-21H,7,10-15H2,1-2H3. The molecule has 39 heavy (non-hydrogen) atoms. The number of aromatic nitrogens is 3. The fraction of sp³-hybridized carbons (Fsp3) is 0.464. The molecule has 3 saturated heterocycles. The Kier molecular flexibility index (Phi) is 5.38. The van der Waals surface area contributed by atoms with Gasteiger partial charge in [-0.3, -0.25) is 9.69 Å². The SMILES string of the molecule is CN1CC2CC1CN2c1cc2c(c(C(F)(F)F)c1)CN(c1cccc(C3(Cc4nncn4C)COC3)c1)C2=O. The maximum Gasteiger partial charge on any atom is 0.416 e. The highest BCUT2D eigenvalue weighted by atomic mass is 19.4. The molecule has 0 aliphatic carbocycles. The molecule has 4 aliphatic rings. The van der Waals surface area contributed by atoms with Crippen LogP contribution in [-0.2, 0) is 36.3 Å². The maximum atomic E-state index is 14.3. The second-order valence-electron chi connectivity index (χ2n) is 11.4. The van der Waals surface area contributed by atoms with Gasteiger partial charge in [-0.05, 0) is 48.9 Å². The highest BCUT2D eigenvalue weighted by Gasteiger charge is 2.46. The smallest absolute Gasteiger partial charge is 0.379 e. The Bertz CT molecular complexity index is 1460. The molecule has 1 amide bonds. The number of hydrogen-bond donors (Lipinski definition) is 0. The molecule has 204 valence electrons. The van der Waals surface area contributed by atoms with Crippen LogP contribution in [0, 0.1) is 0 Å². The van der Waals surface area contributed by atoms with Crippen molar-refractivity contribution in [2.24, 2.45) is 7.05 Å². The van der Waals surface area contributed by atoms with Crippen LogP contribution in [-0.4, -0.2) is 71.0 Å². The van der Waals surface area contributed by atoms with Gasteiger partial charge in [-0.25, -0.2) is 0 Å². The van der Waals surface area contributed by atoms with E-state index in [1.807, 2.05) is 34.7 Å².